The van der Waals surface area contributed by atoms with Gasteiger partial charge < -0.3 is 0 Å². The molecule has 0 spiro atoms. The second-order valence-electron chi connectivity index (χ2n) is 6.47. The second-order valence-corrected chi connectivity index (χ2v) is 6.47. The quantitative estimate of drug-likeness (QED) is 0.318. The van der Waals surface area contributed by atoms with Gasteiger partial charge in [0, 0.05) is 0 Å². The summed E-state index contributed by atoms with van der Waals surface area (Å²) < 4.78 is 0. The first-order valence-electron chi connectivity index (χ1n) is 10.2. The van der Waals surface area contributed by atoms with Gasteiger partial charge in [-0.3, -0.25) is 0 Å². The van der Waals surface area contributed by atoms with E-state index in [1.165, 1.54) is 27.8 Å². The summed E-state index contributed by atoms with van der Waals surface area (Å²) in [5.41, 5.74) is 6.62. The fourth-order valence-electron chi connectivity index (χ4n) is 2.55. The van der Waals surface area contributed by atoms with Crippen molar-refractivity contribution in [3.05, 3.63) is 96.2 Å². The molecule has 0 amide bonds. The van der Waals surface area contributed by atoms with Crippen LogP contribution in [-0.2, 0) is 6.42 Å². The van der Waals surface area contributed by atoms with Gasteiger partial charge in [0.15, 0.2) is 0 Å². The first kappa shape index (κ1) is 27.1. The van der Waals surface area contributed by atoms with Crippen molar-refractivity contribution in [1.29, 1.82) is 0 Å². The maximum absolute atomic E-state index is 4.31. The zero-order chi connectivity index (χ0) is 21.2. The predicted molar refractivity (Wildman–Crippen MR) is 127 cm³/mol. The number of rotatable bonds is 8. The molecule has 0 saturated carbocycles. The van der Waals surface area contributed by atoms with Crippen LogP contribution in [0.5, 0.6) is 0 Å². The molecule has 0 bridgehead atoms. The van der Waals surface area contributed by atoms with E-state index in [2.05, 4.69) is 83.8 Å². The van der Waals surface area contributed by atoms with Crippen molar-refractivity contribution in [2.24, 2.45) is 5.92 Å². The van der Waals surface area contributed by atoms with Gasteiger partial charge in [0.2, 0.25) is 0 Å². The lowest BCUT2D eigenvalue weighted by Crippen LogP contribution is -2.08. The molecule has 0 radical (unpaired) electrons. The van der Waals surface area contributed by atoms with Gasteiger partial charge in [-0.1, -0.05) is 105 Å². The molecule has 0 aliphatic heterocycles. The standard InChI is InChI=1S/C22H30.C3H6.C2H6/c1-7-17(4)14-20(9-3)15-22(19(6)8-2)16-21-12-10-18(5)11-13-21;1-3-2;1-2/h7,9-14,22H,1,6,8,15-16H2,2-5H3;3H,1H2,2H3;1-2H3/b17-14-,20-9+;;. The van der Waals surface area contributed by atoms with Gasteiger partial charge in [-0.15, -0.1) is 6.58 Å². The van der Waals surface area contributed by atoms with E-state index >= 15 is 0 Å². The summed E-state index contributed by atoms with van der Waals surface area (Å²) in [4.78, 5) is 0. The molecule has 0 nitrogen and oxygen atoms in total. The minimum absolute atomic E-state index is 0.493. The monoisotopic (exact) mass is 366 g/mol. The van der Waals surface area contributed by atoms with Crippen molar-refractivity contribution in [2.45, 2.75) is 67.7 Å². The summed E-state index contributed by atoms with van der Waals surface area (Å²) in [6, 6.07) is 8.87. The van der Waals surface area contributed by atoms with E-state index in [1.807, 2.05) is 26.8 Å². The smallest absolute Gasteiger partial charge is 0.0125 e. The molecule has 0 heterocycles. The Morgan fingerprint density at radius 2 is 1.59 bits per heavy atom. The Morgan fingerprint density at radius 3 is 2.00 bits per heavy atom. The van der Waals surface area contributed by atoms with E-state index in [4.69, 9.17) is 0 Å². The Kier molecular flexibility index (Phi) is 17.4. The van der Waals surface area contributed by atoms with E-state index in [1.54, 1.807) is 6.08 Å². The summed E-state index contributed by atoms with van der Waals surface area (Å²) in [6.45, 7) is 25.9. The predicted octanol–water partition coefficient (Wildman–Crippen LogP) is 8.81. The summed E-state index contributed by atoms with van der Waals surface area (Å²) in [7, 11) is 0. The Bertz CT molecular complexity index is 593. The van der Waals surface area contributed by atoms with Crippen molar-refractivity contribution in [2.75, 3.05) is 0 Å². The molecule has 1 atom stereocenters. The van der Waals surface area contributed by atoms with E-state index in [0.29, 0.717) is 5.92 Å². The Hall–Kier alpha value is -2.08. The Labute approximate surface area is 170 Å². The highest BCUT2D eigenvalue weighted by Crippen LogP contribution is 2.26. The van der Waals surface area contributed by atoms with Gasteiger partial charge >= 0.3 is 0 Å². The molecule has 1 rings (SSSR count). The highest BCUT2D eigenvalue weighted by Gasteiger charge is 2.14. The van der Waals surface area contributed by atoms with Gasteiger partial charge in [-0.2, -0.15) is 0 Å². The van der Waals surface area contributed by atoms with Crippen molar-refractivity contribution < 1.29 is 0 Å². The number of allylic oxidation sites excluding steroid dienone is 7. The van der Waals surface area contributed by atoms with Crippen LogP contribution in [0, 0.1) is 12.8 Å². The number of aryl methyl sites for hydroxylation is 1. The Morgan fingerprint density at radius 1 is 1.07 bits per heavy atom. The van der Waals surface area contributed by atoms with Crippen molar-refractivity contribution >= 4 is 0 Å². The van der Waals surface area contributed by atoms with Gasteiger partial charge in [-0.05, 0) is 58.4 Å². The van der Waals surface area contributed by atoms with Gasteiger partial charge in [0.05, 0.1) is 0 Å². The lowest BCUT2D eigenvalue weighted by atomic mass is 9.85. The average molecular weight is 367 g/mol. The van der Waals surface area contributed by atoms with Crippen molar-refractivity contribution in [3.8, 4) is 0 Å². The molecule has 0 N–H and O–H groups in total. The fraction of sp³-hybridized carbons (Fsp3) is 0.407. The van der Waals surface area contributed by atoms with Crippen LogP contribution in [0.2, 0.25) is 0 Å². The van der Waals surface area contributed by atoms with Crippen LogP contribution in [-0.4, -0.2) is 0 Å². The maximum Gasteiger partial charge on any atom is -0.0125 e. The molecule has 27 heavy (non-hydrogen) atoms. The van der Waals surface area contributed by atoms with Crippen LogP contribution < -0.4 is 0 Å². The van der Waals surface area contributed by atoms with Crippen molar-refractivity contribution in [1.82, 2.24) is 0 Å². The van der Waals surface area contributed by atoms with Gasteiger partial charge in [0.1, 0.15) is 0 Å². The van der Waals surface area contributed by atoms with E-state index in [0.717, 1.165) is 19.3 Å². The van der Waals surface area contributed by atoms with Crippen LogP contribution in [0.3, 0.4) is 0 Å². The molecule has 0 fully saturated rings. The largest absolute Gasteiger partial charge is 0.103 e. The molecule has 1 aromatic rings. The molecular formula is C27H42. The molecule has 0 aromatic heterocycles. The molecular weight excluding hydrogens is 324 g/mol. The second kappa shape index (κ2) is 17.3. The molecule has 0 aliphatic carbocycles. The lowest BCUT2D eigenvalue weighted by Gasteiger charge is -2.20. The lowest BCUT2D eigenvalue weighted by molar-refractivity contribution is 0.592. The first-order chi connectivity index (χ1) is 12.9. The first-order valence-corrected chi connectivity index (χ1v) is 10.2. The van der Waals surface area contributed by atoms with E-state index in [9.17, 15) is 0 Å². The molecule has 0 aliphatic rings. The molecule has 150 valence electrons. The molecule has 0 heteroatoms. The third-order valence-electron chi connectivity index (χ3n) is 4.22. The molecule has 1 aromatic carbocycles. The summed E-state index contributed by atoms with van der Waals surface area (Å²) >= 11 is 0. The Balaban J connectivity index is 0. The highest BCUT2D eigenvalue weighted by atomic mass is 14.2. The van der Waals surface area contributed by atoms with Crippen LogP contribution in [0.4, 0.5) is 0 Å². The van der Waals surface area contributed by atoms with Gasteiger partial charge in [0.25, 0.3) is 0 Å². The van der Waals surface area contributed by atoms with E-state index < -0.39 is 0 Å². The maximum atomic E-state index is 4.31. The number of benzene rings is 1. The fourth-order valence-corrected chi connectivity index (χ4v) is 2.55. The van der Waals surface area contributed by atoms with Crippen LogP contribution in [0.25, 0.3) is 0 Å². The SMILES string of the molecule is C=C/C(C)=C\C(=C/C)CC(Cc1ccc(C)cc1)C(=C)CC.C=CC.CC. The average Bonchev–Trinajstić information content (AvgIpc) is 2.69. The topological polar surface area (TPSA) is 0 Å². The summed E-state index contributed by atoms with van der Waals surface area (Å²) in [5.74, 6) is 0.493. The number of hydrogen-bond acceptors (Lipinski definition) is 0. The molecule has 0 saturated heterocycles. The summed E-state index contributed by atoms with van der Waals surface area (Å²) in [5, 5.41) is 0. The zero-order valence-corrected chi connectivity index (χ0v) is 18.9. The highest BCUT2D eigenvalue weighted by molar-refractivity contribution is 5.30. The molecule has 1 unspecified atom stereocenters. The normalized spacial score (nSPS) is 12.0. The third kappa shape index (κ3) is 12.8. The van der Waals surface area contributed by atoms with E-state index in [-0.39, 0.29) is 0 Å². The number of hydrogen-bond donors (Lipinski definition) is 0. The minimum atomic E-state index is 0.493. The van der Waals surface area contributed by atoms with Gasteiger partial charge in [-0.25, -0.2) is 0 Å². The van der Waals surface area contributed by atoms with Crippen LogP contribution in [0.15, 0.2) is 85.0 Å². The zero-order valence-electron chi connectivity index (χ0n) is 18.9. The van der Waals surface area contributed by atoms with Crippen LogP contribution >= 0.6 is 0 Å². The van der Waals surface area contributed by atoms with Crippen LogP contribution in [0.1, 0.15) is 65.5 Å². The summed E-state index contributed by atoms with van der Waals surface area (Å²) in [6.07, 6.45) is 11.2. The van der Waals surface area contributed by atoms with Crippen molar-refractivity contribution in [3.63, 3.8) is 0 Å². The third-order valence-corrected chi connectivity index (χ3v) is 4.22. The minimum Gasteiger partial charge on any atom is -0.103 e.